The maximum absolute atomic E-state index is 4.08. The van der Waals surface area contributed by atoms with Gasteiger partial charge >= 0.3 is 0 Å². The molecule has 1 fully saturated rings. The summed E-state index contributed by atoms with van der Waals surface area (Å²) >= 11 is 0. The third kappa shape index (κ3) is 36.1. The Morgan fingerprint density at radius 1 is 0.274 bits per heavy atom. The van der Waals surface area contributed by atoms with E-state index in [0.29, 0.717) is 11.8 Å². The van der Waals surface area contributed by atoms with Gasteiger partial charge in [-0.15, -0.1) is 0 Å². The maximum Gasteiger partial charge on any atom is 0.125 e. The van der Waals surface area contributed by atoms with Crippen molar-refractivity contribution in [1.82, 2.24) is 40.1 Å². The number of hydrogen-bond donors (Lipinski definition) is 0. The quantitative estimate of drug-likeness (QED) is 0.138. The molecule has 5 atom stereocenters. The lowest BCUT2D eigenvalue weighted by Gasteiger charge is -2.34. The molecular formula is C116H146N8. The van der Waals surface area contributed by atoms with Gasteiger partial charge in [0, 0.05) is 48.6 Å². The van der Waals surface area contributed by atoms with Crippen LogP contribution in [0.3, 0.4) is 0 Å². The molecule has 8 aliphatic carbocycles. The van der Waals surface area contributed by atoms with Gasteiger partial charge in [0.1, 0.15) is 11.6 Å². The first-order valence-corrected chi connectivity index (χ1v) is 45.5. The number of aryl methyl sites for hydroxylation is 18. The van der Waals surface area contributed by atoms with Crippen LogP contribution in [-0.4, -0.2) is 40.1 Å². The zero-order chi connectivity index (χ0) is 89.8. The molecule has 0 radical (unpaired) electrons. The van der Waals surface area contributed by atoms with E-state index in [4.69, 9.17) is 0 Å². The van der Waals surface area contributed by atoms with Gasteiger partial charge in [-0.25, -0.2) is 19.9 Å². The summed E-state index contributed by atoms with van der Waals surface area (Å²) in [5, 5.41) is 7.66. The minimum Gasteiger partial charge on any atom is -0.261 e. The highest BCUT2D eigenvalue weighted by molar-refractivity contribution is 5.62. The minimum atomic E-state index is 0.709. The van der Waals surface area contributed by atoms with E-state index in [0.717, 1.165) is 89.0 Å². The summed E-state index contributed by atoms with van der Waals surface area (Å²) in [7, 11) is 0. The van der Waals surface area contributed by atoms with Crippen molar-refractivity contribution in [3.8, 4) is 0 Å². The van der Waals surface area contributed by atoms with Gasteiger partial charge in [-0.1, -0.05) is 265 Å². The Hall–Kier alpha value is -11.0. The summed E-state index contributed by atoms with van der Waals surface area (Å²) in [6.07, 6.45) is 50.9. The van der Waals surface area contributed by atoms with Crippen LogP contribution in [-0.2, 0) is 51.4 Å². The van der Waals surface area contributed by atoms with Gasteiger partial charge in [0.15, 0.2) is 0 Å². The fourth-order valence-corrected chi connectivity index (χ4v) is 15.8. The Bertz CT molecular complexity index is 4830. The Labute approximate surface area is 749 Å². The van der Waals surface area contributed by atoms with E-state index >= 15 is 0 Å². The van der Waals surface area contributed by atoms with Crippen LogP contribution in [0.15, 0.2) is 241 Å². The van der Waals surface area contributed by atoms with E-state index in [-0.39, 0.29) is 0 Å². The van der Waals surface area contributed by atoms with Crippen molar-refractivity contribution in [2.45, 2.75) is 262 Å². The van der Waals surface area contributed by atoms with Crippen molar-refractivity contribution >= 4 is 24.3 Å². The molecule has 0 spiro atoms. The number of hydrogen-bond acceptors (Lipinski definition) is 8. The smallest absolute Gasteiger partial charge is 0.125 e. The zero-order valence-corrected chi connectivity index (χ0v) is 80.1. The van der Waals surface area contributed by atoms with Crippen LogP contribution in [0.1, 0.15) is 257 Å². The van der Waals surface area contributed by atoms with E-state index in [9.17, 15) is 0 Å². The van der Waals surface area contributed by atoms with E-state index in [1.54, 1.807) is 5.57 Å². The van der Waals surface area contributed by atoms with E-state index in [1.165, 1.54) is 204 Å². The molecule has 5 unspecified atom stereocenters. The third-order valence-corrected chi connectivity index (χ3v) is 23.3. The Morgan fingerprint density at radius 2 is 0.629 bits per heavy atom. The second-order valence-electron chi connectivity index (χ2n) is 36.6. The number of nitrogens with zero attached hydrogens (tertiary/aromatic N) is 8. The number of rotatable bonds is 0. The lowest BCUT2D eigenvalue weighted by molar-refractivity contribution is 0.302. The van der Waals surface area contributed by atoms with Crippen LogP contribution in [0, 0.1) is 140 Å². The Kier molecular flexibility index (Phi) is 40.3. The van der Waals surface area contributed by atoms with Crippen molar-refractivity contribution in [2.24, 2.45) is 29.6 Å². The first-order chi connectivity index (χ1) is 59.2. The molecule has 0 aliphatic heterocycles. The molecule has 5 heterocycles. The van der Waals surface area contributed by atoms with Crippen molar-refractivity contribution in [3.05, 3.63) is 398 Å². The normalized spacial score (nSPS) is 17.0. The maximum atomic E-state index is 4.08. The predicted molar refractivity (Wildman–Crippen MR) is 532 cm³/mol. The number of benzene rings is 6. The second kappa shape index (κ2) is 50.7. The number of allylic oxidation sites excluding steroid dienone is 10. The van der Waals surface area contributed by atoms with Gasteiger partial charge in [-0.3, -0.25) is 9.97 Å². The van der Waals surface area contributed by atoms with Crippen LogP contribution < -0.4 is 0 Å². The number of fused-ring (bicyclic) bond motifs is 7. The van der Waals surface area contributed by atoms with Crippen LogP contribution >= 0.6 is 0 Å². The van der Waals surface area contributed by atoms with Crippen LogP contribution in [0.4, 0.5) is 0 Å². The Morgan fingerprint density at radius 3 is 1.00 bits per heavy atom. The molecule has 0 bridgehead atoms. The van der Waals surface area contributed by atoms with E-state index < -0.39 is 0 Å². The van der Waals surface area contributed by atoms with Crippen molar-refractivity contribution in [2.75, 3.05) is 0 Å². The fourth-order valence-electron chi connectivity index (χ4n) is 15.8. The average Bonchev–Trinajstić information content (AvgIpc) is 0.870. The lowest BCUT2D eigenvalue weighted by atomic mass is 9.71. The molecule has 124 heavy (non-hydrogen) atoms. The summed E-state index contributed by atoms with van der Waals surface area (Å²) < 4.78 is 0. The molecule has 0 N–H and O–H groups in total. The summed E-state index contributed by atoms with van der Waals surface area (Å²) in [5.74, 6) is 5.96. The molecule has 650 valence electrons. The van der Waals surface area contributed by atoms with Gasteiger partial charge in [0.05, 0.1) is 11.4 Å². The first-order valence-electron chi connectivity index (χ1n) is 45.5. The molecule has 11 aromatic rings. The van der Waals surface area contributed by atoms with E-state index in [1.807, 2.05) is 131 Å². The summed E-state index contributed by atoms with van der Waals surface area (Å²) in [6, 6.07) is 52.5. The average molecular weight is 1650 g/mol. The highest BCUT2D eigenvalue weighted by Crippen LogP contribution is 2.41. The topological polar surface area (TPSA) is 103 Å². The molecule has 8 nitrogen and oxygen atoms in total. The van der Waals surface area contributed by atoms with Crippen molar-refractivity contribution in [3.63, 3.8) is 0 Å². The predicted octanol–water partition coefficient (Wildman–Crippen LogP) is 29.6. The lowest BCUT2D eigenvalue weighted by Crippen LogP contribution is -2.21. The number of aromatic nitrogens is 8. The standard InChI is InChI=1S/C12H20.6C12H14.2C7H9N.3C6H8N2/c7*1-9-3-5-12-8-10(2)4-6-11(12)7-9;2*1-6-3-4-7(2)8-5-6;2*1-5-3-7-6(2)8-4-5;1-5-3-4-6(2)8-7-5/h5,9-11H,3-4,6-8H2,1-2H3;2*3,5,7-8H,4,6H2,1-2H3;2*3-5,7H,6,8H2,1-2H3;2*3-7,10H,8H2,1-2H3;2*3-5H,1-2H3;3*3-4H,1-2H3. The SMILES string of the molecule is CC1=CCc2cc(C)ccc2C1.CC1=CCc2cc(C)ccc2C1.CC1=Cc2ccc(C)cc2CC1.CC1=Cc2ccc(C)cc2CC1.CC1CCC2CC(C)CC=C2C1.Cc1ccc(C)nc1.Cc1ccc(C)nc1.Cc1ccc(C)nn1.Cc1ccc2c(c1)C=CC(C)C2.Cc1ccc2c(c1)C=CC(C)C2.Cc1cnc(C)nc1.Cc1cnc(C)nc1. The highest BCUT2D eigenvalue weighted by atomic mass is 15.1. The van der Waals surface area contributed by atoms with Crippen LogP contribution in [0.25, 0.3) is 24.3 Å². The summed E-state index contributed by atoms with van der Waals surface area (Å²) in [4.78, 5) is 24.0. The molecule has 1 saturated carbocycles. The first kappa shape index (κ1) is 98.5. The molecule has 8 aliphatic rings. The van der Waals surface area contributed by atoms with Gasteiger partial charge in [0.25, 0.3) is 0 Å². The van der Waals surface area contributed by atoms with Gasteiger partial charge < -0.3 is 0 Å². The summed E-state index contributed by atoms with van der Waals surface area (Å²) in [5.41, 5.74) is 42.5. The highest BCUT2D eigenvalue weighted by Gasteiger charge is 2.27. The minimum absolute atomic E-state index is 0.709. The molecule has 5 aromatic heterocycles. The molecule has 0 saturated heterocycles. The molecule has 19 rings (SSSR count). The van der Waals surface area contributed by atoms with Crippen molar-refractivity contribution < 1.29 is 0 Å². The molecule has 6 aromatic carbocycles. The van der Waals surface area contributed by atoms with Crippen LogP contribution in [0.2, 0.25) is 0 Å². The van der Waals surface area contributed by atoms with Gasteiger partial charge in [-0.2, -0.15) is 10.2 Å². The van der Waals surface area contributed by atoms with Gasteiger partial charge in [0.2, 0.25) is 0 Å². The largest absolute Gasteiger partial charge is 0.261 e. The molecule has 0 amide bonds. The number of pyridine rings is 2. The Balaban J connectivity index is 0.000000168. The monoisotopic (exact) mass is 1650 g/mol. The molecular weight excluding hydrogens is 1510 g/mol. The van der Waals surface area contributed by atoms with Crippen molar-refractivity contribution in [1.29, 1.82) is 0 Å². The second-order valence-corrected chi connectivity index (χ2v) is 36.6. The zero-order valence-electron chi connectivity index (χ0n) is 80.1. The van der Waals surface area contributed by atoms with Gasteiger partial charge in [-0.05, 0) is 378 Å². The molecule has 8 heteroatoms. The fraction of sp³-hybridized carbons (Fsp3) is 0.379. The van der Waals surface area contributed by atoms with E-state index in [2.05, 4.69) is 313 Å². The third-order valence-electron chi connectivity index (χ3n) is 23.3. The summed E-state index contributed by atoms with van der Waals surface area (Å²) in [6.45, 7) is 50.7. The van der Waals surface area contributed by atoms with Crippen LogP contribution in [0.5, 0.6) is 0 Å².